The maximum Gasteiger partial charge on any atom is 0.232 e. The lowest BCUT2D eigenvalue weighted by atomic mass is 10.1. The summed E-state index contributed by atoms with van der Waals surface area (Å²) in [7, 11) is 0. The summed E-state index contributed by atoms with van der Waals surface area (Å²) in [4.78, 5) is 4.72. The number of fused-ring (bicyclic) bond motifs is 1. The minimum atomic E-state index is 0.603. The van der Waals surface area contributed by atoms with Crippen LogP contribution in [-0.2, 0) is 0 Å². The van der Waals surface area contributed by atoms with Crippen LogP contribution in [0.2, 0.25) is 0 Å². The Hall–Kier alpha value is -2.99. The fourth-order valence-corrected chi connectivity index (χ4v) is 3.36. The summed E-state index contributed by atoms with van der Waals surface area (Å²) in [6.45, 7) is 6.55. The molecule has 0 fully saturated rings. The molecule has 2 heterocycles. The zero-order valence-electron chi connectivity index (χ0n) is 15.4. The molecule has 27 heavy (non-hydrogen) atoms. The summed E-state index contributed by atoms with van der Waals surface area (Å²) < 4.78 is 11.8. The molecule has 0 N–H and O–H groups in total. The van der Waals surface area contributed by atoms with E-state index >= 15 is 0 Å². The van der Waals surface area contributed by atoms with Crippen LogP contribution in [0.4, 0.5) is 5.13 Å². The van der Waals surface area contributed by atoms with Gasteiger partial charge in [0.05, 0.1) is 12.0 Å². The predicted molar refractivity (Wildman–Crippen MR) is 107 cm³/mol. The highest BCUT2D eigenvalue weighted by Crippen LogP contribution is 2.26. The maximum absolute atomic E-state index is 6.16. The second kappa shape index (κ2) is 7.32. The zero-order chi connectivity index (χ0) is 18.8. The van der Waals surface area contributed by atoms with Gasteiger partial charge in [0.1, 0.15) is 22.1 Å². The van der Waals surface area contributed by atoms with Crippen molar-refractivity contribution in [1.29, 1.82) is 0 Å². The van der Waals surface area contributed by atoms with E-state index in [1.807, 2.05) is 50.2 Å². The van der Waals surface area contributed by atoms with E-state index in [-0.39, 0.29) is 0 Å². The largest absolute Gasteiger partial charge is 0.494 e. The van der Waals surface area contributed by atoms with Crippen LogP contribution >= 0.6 is 11.3 Å². The molecule has 2 aromatic heterocycles. The van der Waals surface area contributed by atoms with Crippen molar-refractivity contribution in [3.05, 3.63) is 64.5 Å². The van der Waals surface area contributed by atoms with Gasteiger partial charge in [-0.25, -0.2) is 4.99 Å². The second-order valence-corrected chi connectivity index (χ2v) is 7.33. The Balaban J connectivity index is 1.96. The van der Waals surface area contributed by atoms with Crippen molar-refractivity contribution in [3.63, 3.8) is 0 Å². The van der Waals surface area contributed by atoms with Crippen LogP contribution in [0.3, 0.4) is 0 Å². The predicted octanol–water partition coefficient (Wildman–Crippen LogP) is 5.20. The number of benzene rings is 2. The molecule has 5 nitrogen and oxygen atoms in total. The summed E-state index contributed by atoms with van der Waals surface area (Å²) >= 11 is 1.46. The number of aromatic nitrogens is 2. The van der Waals surface area contributed by atoms with Gasteiger partial charge in [0.2, 0.25) is 5.13 Å². The third-order valence-corrected chi connectivity index (χ3v) is 4.83. The minimum Gasteiger partial charge on any atom is -0.494 e. The molecule has 4 rings (SSSR count). The number of aryl methyl sites for hydroxylation is 2. The SMILES string of the molecule is CCOc1ccc2oc(-c3ccc(C)cc3)cc(=Nc3nnc(C)s3)c2c1. The highest BCUT2D eigenvalue weighted by molar-refractivity contribution is 7.14. The van der Waals surface area contributed by atoms with Crippen molar-refractivity contribution in [2.24, 2.45) is 4.99 Å². The molecule has 2 aromatic carbocycles. The van der Waals surface area contributed by atoms with E-state index in [0.717, 1.165) is 38.4 Å². The van der Waals surface area contributed by atoms with Crippen molar-refractivity contribution in [2.45, 2.75) is 20.8 Å². The Kier molecular flexibility index (Phi) is 4.73. The fourth-order valence-electron chi connectivity index (χ4n) is 2.79. The average Bonchev–Trinajstić information content (AvgIpc) is 3.07. The van der Waals surface area contributed by atoms with E-state index in [1.54, 1.807) is 0 Å². The van der Waals surface area contributed by atoms with Gasteiger partial charge in [-0.05, 0) is 39.0 Å². The lowest BCUT2D eigenvalue weighted by Gasteiger charge is -2.07. The van der Waals surface area contributed by atoms with Gasteiger partial charge in [-0.15, -0.1) is 10.2 Å². The van der Waals surface area contributed by atoms with Gasteiger partial charge >= 0.3 is 0 Å². The molecular formula is C21H19N3O2S. The Morgan fingerprint density at radius 1 is 1.04 bits per heavy atom. The molecule has 0 bridgehead atoms. The Morgan fingerprint density at radius 2 is 1.85 bits per heavy atom. The smallest absolute Gasteiger partial charge is 0.232 e. The van der Waals surface area contributed by atoms with E-state index < -0.39 is 0 Å². The first-order chi connectivity index (χ1) is 13.1. The van der Waals surface area contributed by atoms with E-state index in [9.17, 15) is 0 Å². The summed E-state index contributed by atoms with van der Waals surface area (Å²) in [5.41, 5.74) is 2.95. The van der Waals surface area contributed by atoms with E-state index in [4.69, 9.17) is 14.1 Å². The zero-order valence-corrected chi connectivity index (χ0v) is 16.2. The van der Waals surface area contributed by atoms with E-state index in [2.05, 4.69) is 29.3 Å². The van der Waals surface area contributed by atoms with Crippen LogP contribution in [-0.4, -0.2) is 16.8 Å². The Bertz CT molecular complexity index is 1160. The molecule has 0 spiro atoms. The molecule has 0 aliphatic carbocycles. The summed E-state index contributed by atoms with van der Waals surface area (Å²) in [5, 5.41) is 11.4. The summed E-state index contributed by atoms with van der Waals surface area (Å²) in [6.07, 6.45) is 0. The first-order valence-electron chi connectivity index (χ1n) is 8.75. The van der Waals surface area contributed by atoms with Gasteiger partial charge in [0.25, 0.3) is 0 Å². The van der Waals surface area contributed by atoms with E-state index in [1.165, 1.54) is 16.9 Å². The number of hydrogen-bond acceptors (Lipinski definition) is 6. The molecule has 6 heteroatoms. The van der Waals surface area contributed by atoms with Gasteiger partial charge in [0, 0.05) is 17.0 Å². The number of nitrogens with zero attached hydrogens (tertiary/aromatic N) is 3. The first kappa shape index (κ1) is 17.4. The third kappa shape index (κ3) is 3.75. The Labute approximate surface area is 161 Å². The van der Waals surface area contributed by atoms with Gasteiger partial charge in [0.15, 0.2) is 0 Å². The molecule has 0 unspecified atom stereocenters. The molecule has 0 saturated heterocycles. The number of hydrogen-bond donors (Lipinski definition) is 0. The molecular weight excluding hydrogens is 358 g/mol. The number of ether oxygens (including phenoxy) is 1. The molecule has 136 valence electrons. The van der Waals surface area contributed by atoms with Gasteiger partial charge in [-0.1, -0.05) is 41.2 Å². The molecule has 0 aliphatic heterocycles. The fraction of sp³-hybridized carbons (Fsp3) is 0.190. The average molecular weight is 377 g/mol. The topological polar surface area (TPSA) is 60.5 Å². The molecule has 0 atom stereocenters. The van der Waals surface area contributed by atoms with Crippen LogP contribution in [0.5, 0.6) is 5.75 Å². The van der Waals surface area contributed by atoms with Crippen molar-refractivity contribution < 1.29 is 9.15 Å². The van der Waals surface area contributed by atoms with Crippen molar-refractivity contribution in [2.75, 3.05) is 6.61 Å². The molecule has 0 saturated carbocycles. The highest BCUT2D eigenvalue weighted by atomic mass is 32.1. The monoisotopic (exact) mass is 377 g/mol. The van der Waals surface area contributed by atoms with Crippen molar-refractivity contribution in [1.82, 2.24) is 10.2 Å². The molecule has 0 radical (unpaired) electrons. The lowest BCUT2D eigenvalue weighted by molar-refractivity contribution is 0.340. The van der Waals surface area contributed by atoms with Crippen molar-refractivity contribution >= 4 is 27.4 Å². The van der Waals surface area contributed by atoms with E-state index in [0.29, 0.717) is 11.7 Å². The van der Waals surface area contributed by atoms with Crippen LogP contribution in [0.15, 0.2) is 57.9 Å². The standard InChI is InChI=1S/C21H19N3O2S/c1-4-25-16-9-10-19-17(11-16)18(22-21-24-23-14(3)27-21)12-20(26-19)15-7-5-13(2)6-8-15/h5-12H,4H2,1-3H3. The quantitative estimate of drug-likeness (QED) is 0.490. The summed E-state index contributed by atoms with van der Waals surface area (Å²) in [6, 6.07) is 16.0. The molecule has 4 aromatic rings. The minimum absolute atomic E-state index is 0.603. The van der Waals surface area contributed by atoms with Crippen LogP contribution in [0.25, 0.3) is 22.3 Å². The summed E-state index contributed by atoms with van der Waals surface area (Å²) in [5.74, 6) is 1.54. The third-order valence-electron chi connectivity index (χ3n) is 4.09. The molecule has 0 amide bonds. The Morgan fingerprint density at radius 3 is 2.56 bits per heavy atom. The normalized spacial score (nSPS) is 11.9. The van der Waals surface area contributed by atoms with Crippen LogP contribution in [0.1, 0.15) is 17.5 Å². The van der Waals surface area contributed by atoms with Crippen molar-refractivity contribution in [3.8, 4) is 17.1 Å². The van der Waals surface area contributed by atoms with Crippen LogP contribution < -0.4 is 10.1 Å². The lowest BCUT2D eigenvalue weighted by Crippen LogP contribution is -2.04. The van der Waals surface area contributed by atoms with Gasteiger partial charge in [-0.2, -0.15) is 0 Å². The molecule has 0 aliphatic rings. The van der Waals surface area contributed by atoms with Crippen LogP contribution in [0, 0.1) is 13.8 Å². The highest BCUT2D eigenvalue weighted by Gasteiger charge is 2.09. The van der Waals surface area contributed by atoms with Gasteiger partial charge in [-0.3, -0.25) is 0 Å². The van der Waals surface area contributed by atoms with Gasteiger partial charge < -0.3 is 9.15 Å². The number of rotatable bonds is 4. The maximum atomic E-state index is 6.16. The second-order valence-electron chi connectivity index (χ2n) is 6.17. The first-order valence-corrected chi connectivity index (χ1v) is 9.56.